The summed E-state index contributed by atoms with van der Waals surface area (Å²) in [6.45, 7) is 0.634. The molecule has 0 atom stereocenters. The molecule has 0 fully saturated rings. The Morgan fingerprint density at radius 3 is 2.63 bits per heavy atom. The first kappa shape index (κ1) is 13.1. The minimum Gasteiger partial charge on any atom is -0.478 e. The van der Waals surface area contributed by atoms with Crippen molar-refractivity contribution in [2.24, 2.45) is 0 Å². The van der Waals surface area contributed by atoms with Crippen LogP contribution in [-0.4, -0.2) is 11.6 Å². The van der Waals surface area contributed by atoms with E-state index < -0.39 is 0 Å². The molecule has 1 aromatic heterocycles. The number of pyridine rings is 1. The van der Waals surface area contributed by atoms with Crippen molar-refractivity contribution >= 4 is 0 Å². The Balaban J connectivity index is 1.68. The van der Waals surface area contributed by atoms with Crippen molar-refractivity contribution in [2.45, 2.75) is 19.3 Å². The van der Waals surface area contributed by atoms with Crippen LogP contribution in [0.5, 0.6) is 5.88 Å². The summed E-state index contributed by atoms with van der Waals surface area (Å²) in [4.78, 5) is 4.06. The number of ether oxygens (including phenoxy) is 1. The van der Waals surface area contributed by atoms with Crippen LogP contribution in [0.4, 0.5) is 0 Å². The van der Waals surface area contributed by atoms with Crippen LogP contribution in [0.3, 0.4) is 0 Å². The fourth-order valence-electron chi connectivity index (χ4n) is 1.81. The highest BCUT2D eigenvalue weighted by atomic mass is 16.5. The molecule has 0 amide bonds. The fraction of sp³-hybridized carbons (Fsp3) is 0.250. The summed E-state index contributed by atoms with van der Waals surface area (Å²) >= 11 is 0. The van der Waals surface area contributed by atoms with E-state index >= 15 is 0 Å². The molecule has 0 bridgehead atoms. The Bertz CT molecular complexity index is 546. The zero-order chi connectivity index (χ0) is 13.3. The van der Waals surface area contributed by atoms with Gasteiger partial charge >= 0.3 is 0 Å². The molecule has 0 aliphatic carbocycles. The monoisotopic (exact) mass is 252 g/mol. The lowest BCUT2D eigenvalue weighted by Crippen LogP contribution is -2.00. The van der Waals surface area contributed by atoms with Gasteiger partial charge < -0.3 is 4.74 Å². The van der Waals surface area contributed by atoms with Gasteiger partial charge in [0.25, 0.3) is 0 Å². The Morgan fingerprint density at radius 1 is 1.00 bits per heavy atom. The van der Waals surface area contributed by atoms with Crippen LogP contribution < -0.4 is 4.74 Å². The van der Waals surface area contributed by atoms with Crippen molar-refractivity contribution in [3.63, 3.8) is 0 Å². The zero-order valence-corrected chi connectivity index (χ0v) is 10.7. The molecular formula is C16H16N2O. The number of aromatic nitrogens is 1. The summed E-state index contributed by atoms with van der Waals surface area (Å²) in [5.74, 6) is 0.527. The number of nitriles is 1. The first-order valence-corrected chi connectivity index (χ1v) is 6.42. The van der Waals surface area contributed by atoms with E-state index in [-0.39, 0.29) is 0 Å². The number of rotatable bonds is 6. The van der Waals surface area contributed by atoms with E-state index in [0.29, 0.717) is 18.2 Å². The topological polar surface area (TPSA) is 45.9 Å². The predicted octanol–water partition coefficient (Wildman–Crippen LogP) is 3.35. The summed E-state index contributed by atoms with van der Waals surface area (Å²) < 4.78 is 5.52. The zero-order valence-electron chi connectivity index (χ0n) is 10.7. The van der Waals surface area contributed by atoms with Crippen LogP contribution in [0.1, 0.15) is 24.1 Å². The third kappa shape index (κ3) is 4.44. The quantitative estimate of drug-likeness (QED) is 0.740. The van der Waals surface area contributed by atoms with Gasteiger partial charge in [-0.15, -0.1) is 0 Å². The van der Waals surface area contributed by atoms with E-state index in [9.17, 15) is 0 Å². The number of aryl methyl sites for hydroxylation is 1. The summed E-state index contributed by atoms with van der Waals surface area (Å²) in [7, 11) is 0. The van der Waals surface area contributed by atoms with Gasteiger partial charge in [0.05, 0.1) is 6.61 Å². The lowest BCUT2D eigenvalue weighted by atomic mass is 10.1. The largest absolute Gasteiger partial charge is 0.478 e. The molecule has 1 aromatic carbocycles. The molecule has 1 heterocycles. The Hall–Kier alpha value is -2.34. The van der Waals surface area contributed by atoms with Gasteiger partial charge in [-0.1, -0.05) is 36.4 Å². The molecular weight excluding hydrogens is 236 g/mol. The number of hydrogen-bond donors (Lipinski definition) is 0. The highest BCUT2D eigenvalue weighted by Gasteiger charge is 1.98. The van der Waals surface area contributed by atoms with Gasteiger partial charge in [0.15, 0.2) is 0 Å². The normalized spacial score (nSPS) is 9.84. The van der Waals surface area contributed by atoms with Crippen molar-refractivity contribution in [3.05, 3.63) is 59.8 Å². The molecule has 96 valence electrons. The number of benzene rings is 1. The first-order chi connectivity index (χ1) is 9.38. The molecule has 3 heteroatoms. The average Bonchev–Trinajstić information content (AvgIpc) is 2.48. The molecule has 0 saturated heterocycles. The second kappa shape index (κ2) is 7.17. The minimum atomic E-state index is 0.391. The fourth-order valence-corrected chi connectivity index (χ4v) is 1.81. The second-order valence-corrected chi connectivity index (χ2v) is 4.26. The van der Waals surface area contributed by atoms with Crippen molar-refractivity contribution in [1.29, 1.82) is 5.26 Å². The molecule has 0 saturated carbocycles. The van der Waals surface area contributed by atoms with E-state index in [4.69, 9.17) is 10.00 Å². The molecule has 0 aliphatic rings. The SMILES string of the molecule is N#Cc1cccc(OCCCCc2ccccc2)n1. The summed E-state index contributed by atoms with van der Waals surface area (Å²) in [5, 5.41) is 8.73. The van der Waals surface area contributed by atoms with Crippen molar-refractivity contribution in [2.75, 3.05) is 6.61 Å². The van der Waals surface area contributed by atoms with Crippen LogP contribution in [0.25, 0.3) is 0 Å². The molecule has 0 spiro atoms. The number of unbranched alkanes of at least 4 members (excludes halogenated alkanes) is 1. The van der Waals surface area contributed by atoms with Crippen molar-refractivity contribution in [3.8, 4) is 11.9 Å². The molecule has 0 unspecified atom stereocenters. The van der Waals surface area contributed by atoms with Gasteiger partial charge in [-0.2, -0.15) is 5.26 Å². The molecule has 0 radical (unpaired) electrons. The maximum atomic E-state index is 8.73. The van der Waals surface area contributed by atoms with Gasteiger partial charge in [0, 0.05) is 6.07 Å². The Labute approximate surface area is 113 Å². The highest BCUT2D eigenvalue weighted by molar-refractivity contribution is 5.24. The van der Waals surface area contributed by atoms with Gasteiger partial charge in [0.2, 0.25) is 5.88 Å². The van der Waals surface area contributed by atoms with E-state index in [1.54, 1.807) is 18.2 Å². The molecule has 0 aliphatic heterocycles. The highest BCUT2D eigenvalue weighted by Crippen LogP contribution is 2.09. The van der Waals surface area contributed by atoms with E-state index in [1.807, 2.05) is 12.1 Å². The van der Waals surface area contributed by atoms with Gasteiger partial charge in [-0.3, -0.25) is 0 Å². The van der Waals surface area contributed by atoms with Crippen LogP contribution in [-0.2, 0) is 6.42 Å². The molecule has 3 nitrogen and oxygen atoms in total. The van der Waals surface area contributed by atoms with E-state index in [1.165, 1.54) is 5.56 Å². The van der Waals surface area contributed by atoms with Crippen LogP contribution in [0.2, 0.25) is 0 Å². The number of nitrogens with zero attached hydrogens (tertiary/aromatic N) is 2. The lowest BCUT2D eigenvalue weighted by Gasteiger charge is -2.05. The van der Waals surface area contributed by atoms with Crippen LogP contribution in [0, 0.1) is 11.3 Å². The van der Waals surface area contributed by atoms with Crippen molar-refractivity contribution in [1.82, 2.24) is 4.98 Å². The maximum Gasteiger partial charge on any atom is 0.214 e. The average molecular weight is 252 g/mol. The molecule has 2 rings (SSSR count). The first-order valence-electron chi connectivity index (χ1n) is 6.42. The van der Waals surface area contributed by atoms with Crippen LogP contribution >= 0.6 is 0 Å². The molecule has 2 aromatic rings. The summed E-state index contributed by atoms with van der Waals surface area (Å²) in [6, 6.07) is 17.6. The van der Waals surface area contributed by atoms with Gasteiger partial charge in [-0.25, -0.2) is 4.98 Å². The lowest BCUT2D eigenvalue weighted by molar-refractivity contribution is 0.295. The van der Waals surface area contributed by atoms with Gasteiger partial charge in [0.1, 0.15) is 11.8 Å². The van der Waals surface area contributed by atoms with Crippen molar-refractivity contribution < 1.29 is 4.74 Å². The third-order valence-electron chi connectivity index (χ3n) is 2.79. The summed E-state index contributed by atoms with van der Waals surface area (Å²) in [5.41, 5.74) is 1.74. The Morgan fingerprint density at radius 2 is 1.84 bits per heavy atom. The van der Waals surface area contributed by atoms with Crippen LogP contribution in [0.15, 0.2) is 48.5 Å². The smallest absolute Gasteiger partial charge is 0.214 e. The van der Waals surface area contributed by atoms with E-state index in [2.05, 4.69) is 29.2 Å². The second-order valence-electron chi connectivity index (χ2n) is 4.26. The maximum absolute atomic E-state index is 8.73. The van der Waals surface area contributed by atoms with Gasteiger partial charge in [-0.05, 0) is 30.9 Å². The number of hydrogen-bond acceptors (Lipinski definition) is 3. The third-order valence-corrected chi connectivity index (χ3v) is 2.79. The minimum absolute atomic E-state index is 0.391. The predicted molar refractivity (Wildman–Crippen MR) is 73.8 cm³/mol. The summed E-state index contributed by atoms with van der Waals surface area (Å²) in [6.07, 6.45) is 3.13. The Kier molecular flexibility index (Phi) is 4.95. The molecule has 0 N–H and O–H groups in total. The standard InChI is InChI=1S/C16H16N2O/c17-13-15-10-6-11-16(18-15)19-12-5-4-9-14-7-2-1-3-8-14/h1-3,6-8,10-11H,4-5,9,12H2. The van der Waals surface area contributed by atoms with E-state index in [0.717, 1.165) is 19.3 Å². The molecule has 19 heavy (non-hydrogen) atoms.